The molecule has 1 heterocycles. The van der Waals surface area contributed by atoms with Gasteiger partial charge in [0.15, 0.2) is 0 Å². The number of carbonyl (C=O) groups excluding carboxylic acids is 1. The van der Waals surface area contributed by atoms with E-state index in [4.69, 9.17) is 9.47 Å². The highest BCUT2D eigenvalue weighted by Crippen LogP contribution is 2.17. The fourth-order valence-corrected chi connectivity index (χ4v) is 2.24. The lowest BCUT2D eigenvalue weighted by Crippen LogP contribution is -2.36. The van der Waals surface area contributed by atoms with Gasteiger partial charge >= 0.3 is 5.69 Å². The number of hydrogen-bond donors (Lipinski definition) is 3. The number of aromatic nitrogens is 2. The zero-order valence-electron chi connectivity index (χ0n) is 13.6. The van der Waals surface area contributed by atoms with Gasteiger partial charge in [-0.25, -0.2) is 4.79 Å². The Labute approximate surface area is 134 Å². The van der Waals surface area contributed by atoms with Crippen LogP contribution >= 0.6 is 0 Å². The highest BCUT2D eigenvalue weighted by atomic mass is 16.5. The van der Waals surface area contributed by atoms with Gasteiger partial charge in [0.1, 0.15) is 6.10 Å². The van der Waals surface area contributed by atoms with Gasteiger partial charge in [-0.1, -0.05) is 6.07 Å². The van der Waals surface area contributed by atoms with Crippen LogP contribution in [-0.2, 0) is 14.3 Å². The molecule has 0 aliphatic rings. The zero-order valence-corrected chi connectivity index (χ0v) is 13.6. The summed E-state index contributed by atoms with van der Waals surface area (Å²) in [6, 6.07) is 5.34. The molecule has 1 aromatic carbocycles. The number of benzene rings is 1. The number of carbonyl (C=O) groups is 1. The topological polar surface area (TPSA) is 96.2 Å². The Bertz CT molecular complexity index is 707. The molecule has 0 spiro atoms. The summed E-state index contributed by atoms with van der Waals surface area (Å²) >= 11 is 0. The maximum absolute atomic E-state index is 12.1. The predicted octanol–water partition coefficient (Wildman–Crippen LogP) is 1.47. The second-order valence-corrected chi connectivity index (χ2v) is 5.32. The summed E-state index contributed by atoms with van der Waals surface area (Å²) < 4.78 is 10.6. The summed E-state index contributed by atoms with van der Waals surface area (Å²) in [7, 11) is 0. The Balaban J connectivity index is 1.92. The number of aromatic amines is 2. The molecule has 0 bridgehead atoms. The number of amides is 1. The van der Waals surface area contributed by atoms with Gasteiger partial charge in [0, 0.05) is 6.61 Å². The van der Waals surface area contributed by atoms with Crippen molar-refractivity contribution in [2.75, 3.05) is 19.8 Å². The average molecular weight is 321 g/mol. The molecule has 7 heteroatoms. The monoisotopic (exact) mass is 321 g/mol. The van der Waals surface area contributed by atoms with Crippen LogP contribution in [0.3, 0.4) is 0 Å². The van der Waals surface area contributed by atoms with Crippen LogP contribution in [0.5, 0.6) is 0 Å². The van der Waals surface area contributed by atoms with Crippen LogP contribution in [0.2, 0.25) is 0 Å². The average Bonchev–Trinajstić information content (AvgIpc) is 2.90. The molecule has 0 saturated carbocycles. The van der Waals surface area contributed by atoms with E-state index >= 15 is 0 Å². The zero-order chi connectivity index (χ0) is 16.8. The van der Waals surface area contributed by atoms with Crippen molar-refractivity contribution < 1.29 is 14.3 Å². The fraction of sp³-hybridized carbons (Fsp3) is 0.500. The van der Waals surface area contributed by atoms with Gasteiger partial charge in [-0.15, -0.1) is 0 Å². The highest BCUT2D eigenvalue weighted by Gasteiger charge is 2.17. The molecule has 23 heavy (non-hydrogen) atoms. The number of nitrogens with one attached hydrogen (secondary N) is 3. The largest absolute Gasteiger partial charge is 0.379 e. The van der Waals surface area contributed by atoms with E-state index in [-0.39, 0.29) is 17.6 Å². The van der Waals surface area contributed by atoms with Gasteiger partial charge < -0.3 is 24.8 Å². The lowest BCUT2D eigenvalue weighted by atomic mass is 10.1. The van der Waals surface area contributed by atoms with Crippen molar-refractivity contribution in [1.82, 2.24) is 15.3 Å². The molecule has 0 aliphatic carbocycles. The van der Waals surface area contributed by atoms with Gasteiger partial charge in [-0.3, -0.25) is 4.79 Å². The van der Waals surface area contributed by atoms with Crippen LogP contribution in [0.1, 0.15) is 32.4 Å². The van der Waals surface area contributed by atoms with E-state index in [2.05, 4.69) is 15.3 Å². The summed E-state index contributed by atoms with van der Waals surface area (Å²) in [5.74, 6) is -0.184. The van der Waals surface area contributed by atoms with Crippen LogP contribution in [-0.4, -0.2) is 41.8 Å². The molecular weight excluding hydrogens is 298 g/mol. The minimum atomic E-state index is -0.547. The second kappa shape index (κ2) is 7.94. The van der Waals surface area contributed by atoms with E-state index in [1.807, 2.05) is 32.0 Å². The Morgan fingerprint density at radius 1 is 1.22 bits per heavy atom. The number of imidazole rings is 1. The molecule has 2 rings (SSSR count). The summed E-state index contributed by atoms with van der Waals surface area (Å²) in [5.41, 5.74) is 2.12. The SMILES string of the molecule is CCOCCOC(C)C(=O)NC(C)c1ccc2[nH]c(=O)[nH]c2c1. The van der Waals surface area contributed by atoms with Crippen molar-refractivity contribution in [3.05, 3.63) is 34.2 Å². The van der Waals surface area contributed by atoms with E-state index in [9.17, 15) is 9.59 Å². The summed E-state index contributed by atoms with van der Waals surface area (Å²) in [4.78, 5) is 28.8. The summed E-state index contributed by atoms with van der Waals surface area (Å²) in [6.07, 6.45) is -0.547. The van der Waals surface area contributed by atoms with Crippen LogP contribution in [0, 0.1) is 0 Å². The first-order chi connectivity index (χ1) is 11.0. The molecule has 1 amide bonds. The first kappa shape index (κ1) is 17.2. The molecular formula is C16H23N3O4. The first-order valence-corrected chi connectivity index (χ1v) is 7.73. The number of rotatable bonds is 8. The Morgan fingerprint density at radius 2 is 1.96 bits per heavy atom. The van der Waals surface area contributed by atoms with Crippen LogP contribution in [0.4, 0.5) is 0 Å². The summed E-state index contributed by atoms with van der Waals surface area (Å²) in [5, 5.41) is 2.90. The van der Waals surface area contributed by atoms with Crippen LogP contribution < -0.4 is 11.0 Å². The predicted molar refractivity (Wildman–Crippen MR) is 87.4 cm³/mol. The van der Waals surface area contributed by atoms with Crippen molar-refractivity contribution in [2.24, 2.45) is 0 Å². The molecule has 0 radical (unpaired) electrons. The van der Waals surface area contributed by atoms with Gasteiger partial charge in [-0.05, 0) is 38.5 Å². The second-order valence-electron chi connectivity index (χ2n) is 5.32. The summed E-state index contributed by atoms with van der Waals surface area (Å²) in [6.45, 7) is 6.99. The maximum atomic E-state index is 12.1. The Hall–Kier alpha value is -2.12. The minimum absolute atomic E-state index is 0.184. The maximum Gasteiger partial charge on any atom is 0.323 e. The van der Waals surface area contributed by atoms with E-state index in [0.717, 1.165) is 16.6 Å². The lowest BCUT2D eigenvalue weighted by molar-refractivity contribution is -0.133. The van der Waals surface area contributed by atoms with Gasteiger partial charge in [0.2, 0.25) is 5.91 Å². The molecule has 0 saturated heterocycles. The van der Waals surface area contributed by atoms with E-state index in [1.54, 1.807) is 6.92 Å². The molecule has 1 aromatic heterocycles. The molecule has 2 aromatic rings. The Morgan fingerprint density at radius 3 is 2.70 bits per heavy atom. The number of H-pyrrole nitrogens is 2. The third-order valence-electron chi connectivity index (χ3n) is 3.57. The highest BCUT2D eigenvalue weighted by molar-refractivity contribution is 5.81. The molecule has 7 nitrogen and oxygen atoms in total. The normalized spacial score (nSPS) is 13.9. The molecule has 126 valence electrons. The number of fused-ring (bicyclic) bond motifs is 1. The fourth-order valence-electron chi connectivity index (χ4n) is 2.24. The van der Waals surface area contributed by atoms with E-state index in [1.165, 1.54) is 0 Å². The van der Waals surface area contributed by atoms with Gasteiger partial charge in [0.25, 0.3) is 0 Å². The van der Waals surface area contributed by atoms with Crippen LogP contribution in [0.25, 0.3) is 11.0 Å². The lowest BCUT2D eigenvalue weighted by Gasteiger charge is -2.18. The van der Waals surface area contributed by atoms with Crippen LogP contribution in [0.15, 0.2) is 23.0 Å². The molecule has 0 aliphatic heterocycles. The van der Waals surface area contributed by atoms with Crippen molar-refractivity contribution >= 4 is 16.9 Å². The molecule has 3 N–H and O–H groups in total. The van der Waals surface area contributed by atoms with Crippen molar-refractivity contribution in [3.8, 4) is 0 Å². The molecule has 2 unspecified atom stereocenters. The van der Waals surface area contributed by atoms with E-state index in [0.29, 0.717) is 19.8 Å². The third-order valence-corrected chi connectivity index (χ3v) is 3.57. The van der Waals surface area contributed by atoms with Gasteiger partial charge in [-0.2, -0.15) is 0 Å². The number of ether oxygens (including phenoxy) is 2. The number of hydrogen-bond acceptors (Lipinski definition) is 4. The van der Waals surface area contributed by atoms with Crippen molar-refractivity contribution in [1.29, 1.82) is 0 Å². The standard InChI is InChI=1S/C16H23N3O4/c1-4-22-7-8-23-11(3)15(20)17-10(2)12-5-6-13-14(9-12)19-16(21)18-13/h5-6,9-11H,4,7-8H2,1-3H3,(H,17,20)(H2,18,19,21). The quantitative estimate of drug-likeness (QED) is 0.642. The third kappa shape index (κ3) is 4.67. The van der Waals surface area contributed by atoms with E-state index < -0.39 is 6.10 Å². The van der Waals surface area contributed by atoms with Crippen molar-refractivity contribution in [2.45, 2.75) is 32.9 Å². The van der Waals surface area contributed by atoms with Gasteiger partial charge in [0.05, 0.1) is 30.3 Å². The molecule has 2 atom stereocenters. The smallest absolute Gasteiger partial charge is 0.323 e. The molecule has 0 fully saturated rings. The Kier molecular flexibility index (Phi) is 5.95. The first-order valence-electron chi connectivity index (χ1n) is 7.73. The minimum Gasteiger partial charge on any atom is -0.379 e. The van der Waals surface area contributed by atoms with Crippen molar-refractivity contribution in [3.63, 3.8) is 0 Å².